The van der Waals surface area contributed by atoms with Gasteiger partial charge < -0.3 is 19.7 Å². The average molecular weight is 395 g/mol. The fourth-order valence-corrected chi connectivity index (χ4v) is 4.21. The maximum absolute atomic E-state index is 12.6. The summed E-state index contributed by atoms with van der Waals surface area (Å²) in [6.45, 7) is 7.70. The molecule has 1 fully saturated rings. The van der Waals surface area contributed by atoms with E-state index >= 15 is 0 Å². The van der Waals surface area contributed by atoms with Gasteiger partial charge in [-0.25, -0.2) is 4.79 Å². The minimum atomic E-state index is -0.493. The van der Waals surface area contributed by atoms with Crippen LogP contribution in [0.25, 0.3) is 0 Å². The lowest BCUT2D eigenvalue weighted by atomic mass is 9.86. The summed E-state index contributed by atoms with van der Waals surface area (Å²) in [5, 5.41) is 3.71. The van der Waals surface area contributed by atoms with Gasteiger partial charge in [-0.05, 0) is 32.4 Å². The van der Waals surface area contributed by atoms with Gasteiger partial charge in [0.15, 0.2) is 0 Å². The summed E-state index contributed by atoms with van der Waals surface area (Å²) >= 11 is 0. The molecule has 4 rings (SSSR count). The van der Waals surface area contributed by atoms with E-state index in [0.29, 0.717) is 13.1 Å². The number of para-hydroxylation sites is 1. The molecule has 2 aromatic carbocycles. The molecule has 1 spiro atoms. The van der Waals surface area contributed by atoms with Crippen molar-refractivity contribution in [2.75, 3.05) is 13.1 Å². The number of nitrogens with zero attached hydrogens (tertiary/aromatic N) is 1. The van der Waals surface area contributed by atoms with Crippen molar-refractivity contribution in [2.24, 2.45) is 0 Å². The van der Waals surface area contributed by atoms with Crippen LogP contribution < -0.4 is 10.1 Å². The van der Waals surface area contributed by atoms with Crippen LogP contribution in [0.2, 0.25) is 0 Å². The van der Waals surface area contributed by atoms with E-state index in [1.165, 1.54) is 11.1 Å². The third-order valence-corrected chi connectivity index (χ3v) is 5.56. The van der Waals surface area contributed by atoms with Gasteiger partial charge in [0.05, 0.1) is 6.54 Å². The molecule has 29 heavy (non-hydrogen) atoms. The Morgan fingerprint density at radius 1 is 1.17 bits per heavy atom. The minimum Gasteiger partial charge on any atom is -0.485 e. The second-order valence-corrected chi connectivity index (χ2v) is 9.10. The van der Waals surface area contributed by atoms with Gasteiger partial charge >= 0.3 is 6.09 Å². The van der Waals surface area contributed by atoms with Crippen LogP contribution in [0.5, 0.6) is 5.75 Å². The number of nitrogens with one attached hydrogen (secondary N) is 1. The van der Waals surface area contributed by atoms with Crippen LogP contribution in [0.15, 0.2) is 54.6 Å². The smallest absolute Gasteiger partial charge is 0.410 e. The lowest BCUT2D eigenvalue weighted by molar-refractivity contribution is 0.0126. The van der Waals surface area contributed by atoms with Crippen LogP contribution in [0, 0.1) is 0 Å². The summed E-state index contributed by atoms with van der Waals surface area (Å²) in [7, 11) is 0. The van der Waals surface area contributed by atoms with Gasteiger partial charge in [-0.1, -0.05) is 48.5 Å². The molecule has 0 aliphatic carbocycles. The van der Waals surface area contributed by atoms with Gasteiger partial charge in [0.25, 0.3) is 0 Å². The highest BCUT2D eigenvalue weighted by Gasteiger charge is 2.47. The third-order valence-electron chi connectivity index (χ3n) is 5.56. The number of hydrogen-bond donors (Lipinski definition) is 1. The quantitative estimate of drug-likeness (QED) is 0.821. The van der Waals surface area contributed by atoms with Crippen molar-refractivity contribution in [3.05, 3.63) is 65.7 Å². The lowest BCUT2D eigenvalue weighted by Gasteiger charge is -2.40. The van der Waals surface area contributed by atoms with E-state index in [1.807, 2.05) is 39.0 Å². The number of likely N-dealkylation sites (tertiary alicyclic amines) is 1. The fourth-order valence-electron chi connectivity index (χ4n) is 4.21. The Bertz CT molecular complexity index is 862. The van der Waals surface area contributed by atoms with Gasteiger partial charge in [-0.2, -0.15) is 0 Å². The maximum atomic E-state index is 12.6. The first kappa shape index (κ1) is 19.8. The normalized spacial score (nSPS) is 23.6. The van der Waals surface area contributed by atoms with E-state index in [4.69, 9.17) is 9.47 Å². The largest absolute Gasteiger partial charge is 0.485 e. The molecule has 2 unspecified atom stereocenters. The van der Waals surface area contributed by atoms with E-state index in [2.05, 4.69) is 41.7 Å². The van der Waals surface area contributed by atoms with Gasteiger partial charge in [-0.15, -0.1) is 0 Å². The van der Waals surface area contributed by atoms with E-state index in [-0.39, 0.29) is 17.7 Å². The highest BCUT2D eigenvalue weighted by atomic mass is 16.6. The van der Waals surface area contributed by atoms with E-state index in [9.17, 15) is 4.79 Å². The average Bonchev–Trinajstić information content (AvgIpc) is 3.09. The maximum Gasteiger partial charge on any atom is 0.410 e. The summed E-state index contributed by atoms with van der Waals surface area (Å²) in [6.07, 6.45) is 1.38. The van der Waals surface area contributed by atoms with Crippen molar-refractivity contribution in [1.82, 2.24) is 10.2 Å². The van der Waals surface area contributed by atoms with Crippen LogP contribution in [-0.4, -0.2) is 35.3 Å². The Labute approximate surface area is 173 Å². The molecular formula is C24H30N2O3. The molecule has 2 aromatic rings. The molecular weight excluding hydrogens is 364 g/mol. The Morgan fingerprint density at radius 3 is 2.66 bits per heavy atom. The SMILES string of the molecule is CC(C)(C)OC(=O)N1CCC2(CC(NCc3ccccc3)c3ccccc3O2)C1. The number of ether oxygens (including phenoxy) is 2. The second kappa shape index (κ2) is 7.71. The molecule has 2 aliphatic heterocycles. The number of amides is 1. The molecule has 1 saturated heterocycles. The van der Waals surface area contributed by atoms with Crippen molar-refractivity contribution in [1.29, 1.82) is 0 Å². The summed E-state index contributed by atoms with van der Waals surface area (Å²) in [5.41, 5.74) is 1.57. The number of carbonyl (C=O) groups excluding carboxylic acids is 1. The van der Waals surface area contributed by atoms with Crippen molar-refractivity contribution in [3.63, 3.8) is 0 Å². The van der Waals surface area contributed by atoms with Crippen molar-refractivity contribution in [3.8, 4) is 5.75 Å². The van der Waals surface area contributed by atoms with Crippen LogP contribution >= 0.6 is 0 Å². The topological polar surface area (TPSA) is 50.8 Å². The molecule has 0 saturated carbocycles. The molecule has 5 heteroatoms. The molecule has 1 amide bonds. The van der Waals surface area contributed by atoms with Crippen LogP contribution in [0.1, 0.15) is 50.8 Å². The van der Waals surface area contributed by atoms with E-state index in [0.717, 1.165) is 25.1 Å². The zero-order chi connectivity index (χ0) is 20.5. The lowest BCUT2D eigenvalue weighted by Crippen LogP contribution is -2.47. The number of benzene rings is 2. The molecule has 2 aliphatic rings. The Morgan fingerprint density at radius 2 is 1.90 bits per heavy atom. The number of fused-ring (bicyclic) bond motifs is 1. The Kier molecular flexibility index (Phi) is 5.26. The standard InChI is InChI=1S/C24H30N2O3/c1-23(2,3)29-22(27)26-14-13-24(17-26)15-20(19-11-7-8-12-21(19)28-24)25-16-18-9-5-4-6-10-18/h4-12,20,25H,13-17H2,1-3H3. The molecule has 2 atom stereocenters. The van der Waals surface area contributed by atoms with Crippen LogP contribution in [-0.2, 0) is 11.3 Å². The highest BCUT2D eigenvalue weighted by Crippen LogP contribution is 2.44. The summed E-state index contributed by atoms with van der Waals surface area (Å²) in [5.74, 6) is 0.912. The number of carbonyl (C=O) groups is 1. The molecule has 0 radical (unpaired) electrons. The number of hydrogen-bond acceptors (Lipinski definition) is 4. The first-order chi connectivity index (χ1) is 13.8. The minimum absolute atomic E-state index is 0.179. The zero-order valence-electron chi connectivity index (χ0n) is 17.5. The van der Waals surface area contributed by atoms with Crippen molar-refractivity contribution >= 4 is 6.09 Å². The van der Waals surface area contributed by atoms with Gasteiger partial charge in [0.1, 0.15) is 17.0 Å². The molecule has 154 valence electrons. The summed E-state index contributed by atoms with van der Waals surface area (Å²) in [6, 6.07) is 18.8. The Balaban J connectivity index is 1.50. The molecule has 1 N–H and O–H groups in total. The third kappa shape index (κ3) is 4.56. The highest BCUT2D eigenvalue weighted by molar-refractivity contribution is 5.68. The monoisotopic (exact) mass is 394 g/mol. The predicted octanol–water partition coefficient (Wildman–Crippen LogP) is 4.68. The first-order valence-electron chi connectivity index (χ1n) is 10.4. The van der Waals surface area contributed by atoms with Gasteiger partial charge in [0, 0.05) is 37.5 Å². The second-order valence-electron chi connectivity index (χ2n) is 9.10. The summed E-state index contributed by atoms with van der Waals surface area (Å²) < 4.78 is 12.1. The number of rotatable bonds is 3. The molecule has 5 nitrogen and oxygen atoms in total. The van der Waals surface area contributed by atoms with E-state index in [1.54, 1.807) is 4.90 Å². The molecule has 2 heterocycles. The fraction of sp³-hybridized carbons (Fsp3) is 0.458. The van der Waals surface area contributed by atoms with E-state index < -0.39 is 5.60 Å². The predicted molar refractivity (Wildman–Crippen MR) is 113 cm³/mol. The Hall–Kier alpha value is -2.53. The van der Waals surface area contributed by atoms with Crippen molar-refractivity contribution < 1.29 is 14.3 Å². The van der Waals surface area contributed by atoms with Crippen LogP contribution in [0.3, 0.4) is 0 Å². The summed E-state index contributed by atoms with van der Waals surface area (Å²) in [4.78, 5) is 14.3. The van der Waals surface area contributed by atoms with Gasteiger partial charge in [-0.3, -0.25) is 0 Å². The van der Waals surface area contributed by atoms with Crippen LogP contribution in [0.4, 0.5) is 4.79 Å². The van der Waals surface area contributed by atoms with Crippen molar-refractivity contribution in [2.45, 2.75) is 57.4 Å². The molecule has 0 bridgehead atoms. The zero-order valence-corrected chi connectivity index (χ0v) is 17.5. The van der Waals surface area contributed by atoms with Gasteiger partial charge in [0.2, 0.25) is 0 Å². The molecule has 0 aromatic heterocycles. The first-order valence-corrected chi connectivity index (χ1v) is 10.4.